The molecule has 0 aliphatic heterocycles. The number of nitro groups is 1. The van der Waals surface area contributed by atoms with Gasteiger partial charge in [-0.05, 0) is 119 Å². The Morgan fingerprint density at radius 2 is 1.08 bits per heavy atom. The lowest BCUT2D eigenvalue weighted by molar-refractivity contribution is -0.384. The molecule has 0 radical (unpaired) electrons. The number of nitrogens with two attached hydrogens (primary N) is 1. The second-order valence-corrected chi connectivity index (χ2v) is 12.2. The van der Waals surface area contributed by atoms with Crippen LogP contribution < -0.4 is 16.4 Å². The number of hydrogen-bond acceptors (Lipinski definition) is 7. The number of nitrogens with zero attached hydrogens (tertiary/aromatic N) is 5. The number of rotatable bonds is 7. The Hall–Kier alpha value is -5.98. The Bertz CT molecular complexity index is 2210. The van der Waals surface area contributed by atoms with E-state index in [4.69, 9.17) is 28.9 Å². The van der Waals surface area contributed by atoms with Crippen LogP contribution in [0.2, 0.25) is 10.0 Å². The lowest BCUT2D eigenvalue weighted by Crippen LogP contribution is -2.12. The molecule has 0 saturated carbocycles. The van der Waals surface area contributed by atoms with Crippen LogP contribution in [0.5, 0.6) is 0 Å². The maximum Gasteiger partial charge on any atom is 0.296 e. The van der Waals surface area contributed by atoms with Crippen LogP contribution in [-0.4, -0.2) is 36.3 Å². The molecule has 0 fully saturated rings. The zero-order valence-corrected chi connectivity index (χ0v) is 29.0. The number of aryl methyl sites for hydroxylation is 4. The number of nitrogen functional groups attached to an aromatic ring is 1. The van der Waals surface area contributed by atoms with Crippen LogP contribution in [0.4, 0.5) is 22.7 Å². The highest BCUT2D eigenvalue weighted by molar-refractivity contribution is 6.31. The lowest BCUT2D eigenvalue weighted by atomic mass is 10.2. The topological polar surface area (TPSA) is 163 Å². The molecule has 50 heavy (non-hydrogen) atoms. The number of nitrogens with one attached hydrogen (secondary N) is 2. The van der Waals surface area contributed by atoms with Crippen molar-refractivity contribution in [1.29, 1.82) is 0 Å². The summed E-state index contributed by atoms with van der Waals surface area (Å²) in [5.41, 5.74) is 13.0. The maximum absolute atomic E-state index is 12.3. The molecule has 254 valence electrons. The maximum atomic E-state index is 12.3. The van der Waals surface area contributed by atoms with E-state index in [0.717, 1.165) is 28.5 Å². The van der Waals surface area contributed by atoms with Crippen LogP contribution >= 0.6 is 23.2 Å². The zero-order chi connectivity index (χ0) is 36.1. The molecule has 4 aromatic carbocycles. The van der Waals surface area contributed by atoms with Gasteiger partial charge >= 0.3 is 0 Å². The minimum Gasteiger partial charge on any atom is -0.397 e. The summed E-state index contributed by atoms with van der Waals surface area (Å²) in [5, 5.41) is 26.8. The summed E-state index contributed by atoms with van der Waals surface area (Å²) in [4.78, 5) is 35.5. The number of aromatic nitrogens is 4. The second kappa shape index (κ2) is 15.1. The number of halogens is 2. The van der Waals surface area contributed by atoms with Gasteiger partial charge in [-0.1, -0.05) is 23.2 Å². The molecule has 14 heteroatoms. The van der Waals surface area contributed by atoms with Crippen molar-refractivity contribution in [3.63, 3.8) is 0 Å². The molecule has 4 N–H and O–H groups in total. The van der Waals surface area contributed by atoms with Gasteiger partial charge in [0.25, 0.3) is 17.5 Å². The van der Waals surface area contributed by atoms with Gasteiger partial charge in [-0.15, -0.1) is 0 Å². The van der Waals surface area contributed by atoms with Crippen molar-refractivity contribution in [2.45, 2.75) is 27.7 Å². The Kier molecular flexibility index (Phi) is 10.6. The zero-order valence-electron chi connectivity index (χ0n) is 27.4. The SMILES string of the molecule is Cc1cc(C)n(-c2ccc(NC(=O)c3ccc(Cl)cc3)cc2N)n1.Cc1cc(C)n(-c2ccc(NC(=O)c3ccc(Cl)cc3)cc2[N+](=O)[O-])n1. The van der Waals surface area contributed by atoms with Crippen molar-refractivity contribution >= 4 is 57.8 Å². The van der Waals surface area contributed by atoms with Crippen molar-refractivity contribution in [1.82, 2.24) is 19.6 Å². The third-order valence-corrected chi connectivity index (χ3v) is 7.91. The molecule has 2 amide bonds. The van der Waals surface area contributed by atoms with Crippen molar-refractivity contribution in [2.75, 3.05) is 16.4 Å². The predicted molar refractivity (Wildman–Crippen MR) is 196 cm³/mol. The molecule has 2 heterocycles. The van der Waals surface area contributed by atoms with Gasteiger partial charge in [0, 0.05) is 50.0 Å². The minimum atomic E-state index is -0.496. The van der Waals surface area contributed by atoms with Crippen LogP contribution in [0, 0.1) is 37.8 Å². The quantitative estimate of drug-likeness (QED) is 0.0852. The summed E-state index contributed by atoms with van der Waals surface area (Å²) >= 11 is 11.6. The highest BCUT2D eigenvalue weighted by Gasteiger charge is 2.20. The number of nitro benzene ring substituents is 1. The fraction of sp³-hybridized carbons (Fsp3) is 0.111. The van der Waals surface area contributed by atoms with E-state index in [0.29, 0.717) is 43.9 Å². The first-order chi connectivity index (χ1) is 23.8. The van der Waals surface area contributed by atoms with Gasteiger partial charge < -0.3 is 16.4 Å². The molecule has 2 aromatic heterocycles. The van der Waals surface area contributed by atoms with E-state index in [9.17, 15) is 19.7 Å². The van der Waals surface area contributed by atoms with E-state index in [1.165, 1.54) is 10.7 Å². The summed E-state index contributed by atoms with van der Waals surface area (Å²) in [6, 6.07) is 26.7. The molecule has 12 nitrogen and oxygen atoms in total. The van der Waals surface area contributed by atoms with Crippen molar-refractivity contribution < 1.29 is 14.5 Å². The summed E-state index contributed by atoms with van der Waals surface area (Å²) in [6.07, 6.45) is 0. The third kappa shape index (κ3) is 8.35. The largest absolute Gasteiger partial charge is 0.397 e. The summed E-state index contributed by atoms with van der Waals surface area (Å²) in [5.74, 6) is -0.597. The van der Waals surface area contributed by atoms with E-state index in [-0.39, 0.29) is 17.5 Å². The number of amides is 2. The van der Waals surface area contributed by atoms with E-state index >= 15 is 0 Å². The molecule has 0 aliphatic rings. The Morgan fingerprint density at radius 3 is 1.48 bits per heavy atom. The van der Waals surface area contributed by atoms with Crippen molar-refractivity contribution in [3.05, 3.63) is 151 Å². The van der Waals surface area contributed by atoms with Gasteiger partial charge in [0.2, 0.25) is 0 Å². The van der Waals surface area contributed by atoms with E-state index in [1.807, 2.05) is 45.9 Å². The first-order valence-electron chi connectivity index (χ1n) is 15.2. The summed E-state index contributed by atoms with van der Waals surface area (Å²) in [7, 11) is 0. The molecule has 0 spiro atoms. The molecule has 6 rings (SSSR count). The number of benzene rings is 4. The Labute approximate surface area is 297 Å². The normalized spacial score (nSPS) is 10.6. The average Bonchev–Trinajstić information content (AvgIpc) is 3.59. The van der Waals surface area contributed by atoms with Crippen molar-refractivity contribution in [3.8, 4) is 11.4 Å². The van der Waals surface area contributed by atoms with Crippen LogP contribution in [-0.2, 0) is 0 Å². The first kappa shape index (κ1) is 35.3. The number of carbonyl (C=O) groups is 2. The smallest absolute Gasteiger partial charge is 0.296 e. The Morgan fingerprint density at radius 1 is 0.660 bits per heavy atom. The molecule has 0 unspecified atom stereocenters. The number of hydrogen-bond donors (Lipinski definition) is 3. The standard InChI is InChI=1S/C18H15ClN4O3.C18H17ClN4O/c1-11-9-12(2)22(21-11)16-8-7-15(10-17(16)23(25)26)20-18(24)13-3-5-14(19)6-4-13;1-11-9-12(2)23(22-11)17-8-7-15(10-16(17)20)21-18(24)13-3-5-14(19)6-4-13/h3-10H,1-2H3,(H,20,24);3-10H,20H2,1-2H3,(H,21,24). The molecular weight excluding hydrogens is 679 g/mol. The van der Waals surface area contributed by atoms with Gasteiger partial charge in [0.05, 0.1) is 27.7 Å². The van der Waals surface area contributed by atoms with Gasteiger partial charge in [-0.2, -0.15) is 10.2 Å². The number of carbonyl (C=O) groups excluding carboxylic acids is 2. The predicted octanol–water partition coefficient (Wildman–Crippen LogP) is 8.28. The van der Waals surface area contributed by atoms with Crippen LogP contribution in [0.25, 0.3) is 11.4 Å². The molecular formula is C36H32Cl2N8O4. The molecule has 6 aromatic rings. The summed E-state index contributed by atoms with van der Waals surface area (Å²) < 4.78 is 3.30. The summed E-state index contributed by atoms with van der Waals surface area (Å²) in [6.45, 7) is 7.53. The average molecular weight is 712 g/mol. The van der Waals surface area contributed by atoms with Crippen LogP contribution in [0.1, 0.15) is 43.5 Å². The molecule has 0 atom stereocenters. The highest BCUT2D eigenvalue weighted by atomic mass is 35.5. The first-order valence-corrected chi connectivity index (χ1v) is 15.9. The fourth-order valence-corrected chi connectivity index (χ4v) is 5.36. The van der Waals surface area contributed by atoms with Crippen LogP contribution in [0.3, 0.4) is 0 Å². The van der Waals surface area contributed by atoms with Gasteiger partial charge in [0.15, 0.2) is 0 Å². The monoisotopic (exact) mass is 710 g/mol. The van der Waals surface area contributed by atoms with Crippen molar-refractivity contribution in [2.24, 2.45) is 0 Å². The fourth-order valence-electron chi connectivity index (χ4n) is 5.11. The molecule has 0 bridgehead atoms. The van der Waals surface area contributed by atoms with E-state index < -0.39 is 4.92 Å². The van der Waals surface area contributed by atoms with Gasteiger partial charge in [-0.3, -0.25) is 19.7 Å². The van der Waals surface area contributed by atoms with E-state index in [1.54, 1.807) is 77.5 Å². The van der Waals surface area contributed by atoms with Gasteiger partial charge in [-0.25, -0.2) is 9.36 Å². The second-order valence-electron chi connectivity index (χ2n) is 11.3. The molecule has 0 aliphatic carbocycles. The van der Waals surface area contributed by atoms with Gasteiger partial charge in [0.1, 0.15) is 5.69 Å². The number of anilines is 3. The lowest BCUT2D eigenvalue weighted by Gasteiger charge is -2.11. The van der Waals surface area contributed by atoms with E-state index in [2.05, 4.69) is 20.8 Å². The van der Waals surface area contributed by atoms with Crippen LogP contribution in [0.15, 0.2) is 97.1 Å². The minimum absolute atomic E-state index is 0.148. The Balaban J connectivity index is 0.000000195. The third-order valence-electron chi connectivity index (χ3n) is 7.40. The highest BCUT2D eigenvalue weighted by Crippen LogP contribution is 2.28. The molecule has 0 saturated heterocycles.